The summed E-state index contributed by atoms with van der Waals surface area (Å²) in [7, 11) is 0. The van der Waals surface area contributed by atoms with Crippen LogP contribution in [0, 0.1) is 0 Å². The summed E-state index contributed by atoms with van der Waals surface area (Å²) >= 11 is 10.4. The minimum absolute atomic E-state index is 0.0186. The van der Waals surface area contributed by atoms with Gasteiger partial charge >= 0.3 is 0 Å². The van der Waals surface area contributed by atoms with Gasteiger partial charge in [0.15, 0.2) is 11.6 Å². The van der Waals surface area contributed by atoms with Gasteiger partial charge in [0.05, 0.1) is 25.4 Å². The van der Waals surface area contributed by atoms with Crippen LogP contribution in [0.3, 0.4) is 0 Å². The molecule has 1 atom stereocenters. The molecule has 0 spiro atoms. The molecule has 4 heterocycles. The Morgan fingerprint density at radius 2 is 1.17 bits per heavy atom. The maximum absolute atomic E-state index is 11.5. The molecule has 0 aliphatic carbocycles. The Balaban J connectivity index is 0.000000230. The van der Waals surface area contributed by atoms with Gasteiger partial charge in [0.1, 0.15) is 22.1 Å². The van der Waals surface area contributed by atoms with Gasteiger partial charge in [0.2, 0.25) is 0 Å². The lowest BCUT2D eigenvalue weighted by molar-refractivity contribution is -0.120. The van der Waals surface area contributed by atoms with Crippen LogP contribution in [0.1, 0.15) is 95.6 Å². The number of rotatable bonds is 1. The lowest BCUT2D eigenvalue weighted by atomic mass is 9.89. The minimum Gasteiger partial charge on any atom is -0.493 e. The van der Waals surface area contributed by atoms with Crippen molar-refractivity contribution in [2.75, 3.05) is 31.3 Å². The molecular formula is C39H51ClO5S2. The van der Waals surface area contributed by atoms with Crippen molar-refractivity contribution in [2.45, 2.75) is 79.0 Å². The van der Waals surface area contributed by atoms with Crippen LogP contribution in [0.15, 0.2) is 77.0 Å². The van der Waals surface area contributed by atoms with Crippen LogP contribution in [-0.4, -0.2) is 42.9 Å². The highest BCUT2D eigenvalue weighted by molar-refractivity contribution is 8.23. The van der Waals surface area contributed by atoms with Crippen LogP contribution in [0.2, 0.25) is 0 Å². The number of carbonyl (C=O) groups excluding carboxylic acids is 2. The number of hydrogen-bond donors (Lipinski definition) is 0. The molecule has 47 heavy (non-hydrogen) atoms. The van der Waals surface area contributed by atoms with Crippen molar-refractivity contribution in [3.05, 3.63) is 93.7 Å². The zero-order valence-electron chi connectivity index (χ0n) is 29.0. The first-order chi connectivity index (χ1) is 23.0. The quantitative estimate of drug-likeness (QED) is 0.234. The van der Waals surface area contributed by atoms with E-state index in [1.165, 1.54) is 40.2 Å². The third-order valence-electron chi connectivity index (χ3n) is 7.17. The maximum Gasteiger partial charge on any atom is 0.169 e. The molecule has 4 aliphatic heterocycles. The molecule has 7 rings (SSSR count). The highest BCUT2D eigenvalue weighted by Crippen LogP contribution is 2.45. The fourth-order valence-corrected chi connectivity index (χ4v) is 7.96. The summed E-state index contributed by atoms with van der Waals surface area (Å²) in [6.45, 7) is 15.4. The van der Waals surface area contributed by atoms with Gasteiger partial charge in [-0.2, -0.15) is 0 Å². The Morgan fingerprint density at radius 3 is 1.77 bits per heavy atom. The number of para-hydroxylation sites is 3. The van der Waals surface area contributed by atoms with E-state index in [0.29, 0.717) is 26.1 Å². The van der Waals surface area contributed by atoms with E-state index < -0.39 is 4.87 Å². The van der Waals surface area contributed by atoms with Gasteiger partial charge in [0.25, 0.3) is 0 Å². The van der Waals surface area contributed by atoms with Crippen LogP contribution in [0.25, 0.3) is 5.57 Å². The van der Waals surface area contributed by atoms with E-state index in [9.17, 15) is 9.59 Å². The third-order valence-corrected chi connectivity index (χ3v) is 10.5. The molecule has 0 bridgehead atoms. The summed E-state index contributed by atoms with van der Waals surface area (Å²) in [5.41, 5.74) is 4.33. The standard InChI is InChI=1S/C13H14OS2.C11H11ClO2.C9H8O2.3C2H6/c1-2-5-12-10(4-1)11(6-7-14-12)13-15-8-3-9-16-13;1-8(13)11(12)6-7-14-10-5-3-2-4-9(10)11;10-8-5-6-11-9-4-2-1-3-7(8)9;3*1-2/h1-2,4-5H,3,6-9H2;2-5H,6-7H2,1H3;1-4H,5-6H2;3*1-2H3. The topological polar surface area (TPSA) is 61.8 Å². The zero-order chi connectivity index (χ0) is 34.7. The normalized spacial score (nSPS) is 18.3. The Kier molecular flexibility index (Phi) is 18.8. The summed E-state index contributed by atoms with van der Waals surface area (Å²) in [6.07, 6.45) is 3.45. The van der Waals surface area contributed by atoms with Crippen molar-refractivity contribution >= 4 is 52.3 Å². The fraction of sp³-hybridized carbons (Fsp3) is 0.436. The lowest BCUT2D eigenvalue weighted by Crippen LogP contribution is -2.33. The summed E-state index contributed by atoms with van der Waals surface area (Å²) in [6, 6.07) is 23.2. The van der Waals surface area contributed by atoms with E-state index in [1.807, 2.05) is 114 Å². The summed E-state index contributed by atoms with van der Waals surface area (Å²) in [4.78, 5) is 21.8. The van der Waals surface area contributed by atoms with Gasteiger partial charge in [-0.15, -0.1) is 35.1 Å². The number of ketones is 2. The second kappa shape index (κ2) is 21.9. The molecule has 3 aromatic rings. The first kappa shape index (κ1) is 40.3. The second-order valence-electron chi connectivity index (χ2n) is 9.88. The number of carbonyl (C=O) groups is 2. The Labute approximate surface area is 296 Å². The van der Waals surface area contributed by atoms with Crippen molar-refractivity contribution in [3.8, 4) is 17.2 Å². The molecule has 0 aromatic heterocycles. The van der Waals surface area contributed by atoms with Crippen LogP contribution in [0.5, 0.6) is 17.2 Å². The molecule has 3 aromatic carbocycles. The van der Waals surface area contributed by atoms with Crippen LogP contribution < -0.4 is 14.2 Å². The number of ether oxygens (including phenoxy) is 3. The molecule has 256 valence electrons. The van der Waals surface area contributed by atoms with Gasteiger partial charge in [-0.3, -0.25) is 9.59 Å². The number of thioether (sulfide) groups is 2. The first-order valence-corrected chi connectivity index (χ1v) is 19.2. The summed E-state index contributed by atoms with van der Waals surface area (Å²) in [5.74, 6) is 5.22. The van der Waals surface area contributed by atoms with Crippen LogP contribution in [0.4, 0.5) is 0 Å². The van der Waals surface area contributed by atoms with Crippen LogP contribution in [-0.2, 0) is 9.67 Å². The number of halogens is 1. The van der Waals surface area contributed by atoms with Crippen molar-refractivity contribution in [1.29, 1.82) is 0 Å². The van der Waals surface area contributed by atoms with Gasteiger partial charge in [-0.1, -0.05) is 90.1 Å². The van der Waals surface area contributed by atoms with Gasteiger partial charge in [-0.05, 0) is 54.7 Å². The molecular weight excluding hydrogens is 648 g/mol. The predicted octanol–water partition coefficient (Wildman–Crippen LogP) is 11.2. The zero-order valence-corrected chi connectivity index (χ0v) is 31.4. The average molecular weight is 699 g/mol. The van der Waals surface area contributed by atoms with E-state index in [2.05, 4.69) is 18.2 Å². The highest BCUT2D eigenvalue weighted by atomic mass is 35.5. The molecule has 1 unspecified atom stereocenters. The Bertz CT molecular complexity index is 1430. The molecule has 5 nitrogen and oxygen atoms in total. The second-order valence-corrected chi connectivity index (χ2v) is 13.0. The molecule has 1 saturated heterocycles. The van der Waals surface area contributed by atoms with Crippen LogP contribution >= 0.6 is 35.1 Å². The van der Waals surface area contributed by atoms with E-state index in [4.69, 9.17) is 25.8 Å². The summed E-state index contributed by atoms with van der Waals surface area (Å²) < 4.78 is 17.9. The molecule has 4 aliphatic rings. The molecule has 0 saturated carbocycles. The molecule has 8 heteroatoms. The van der Waals surface area contributed by atoms with E-state index in [0.717, 1.165) is 41.4 Å². The number of alkyl halides is 1. The molecule has 1 fully saturated rings. The number of benzene rings is 3. The van der Waals surface area contributed by atoms with Gasteiger partial charge < -0.3 is 14.2 Å². The molecule has 0 amide bonds. The number of fused-ring (bicyclic) bond motifs is 3. The van der Waals surface area contributed by atoms with E-state index >= 15 is 0 Å². The van der Waals surface area contributed by atoms with E-state index in [1.54, 1.807) is 6.07 Å². The first-order valence-electron chi connectivity index (χ1n) is 16.9. The van der Waals surface area contributed by atoms with E-state index in [-0.39, 0.29) is 11.6 Å². The van der Waals surface area contributed by atoms with Gasteiger partial charge in [-0.25, -0.2) is 0 Å². The largest absolute Gasteiger partial charge is 0.493 e. The SMILES string of the molecule is CC.CC.CC.CC(=O)C1(Cl)CCOc2ccccc21.O=C1CCOc2ccccc21.c1ccc2c(c1)OCCC2=C1SCCCS1. The highest BCUT2D eigenvalue weighted by Gasteiger charge is 2.39. The van der Waals surface area contributed by atoms with Crippen molar-refractivity contribution in [3.63, 3.8) is 0 Å². The monoisotopic (exact) mass is 698 g/mol. The fourth-order valence-electron chi connectivity index (χ4n) is 4.99. The number of hydrogen-bond acceptors (Lipinski definition) is 7. The van der Waals surface area contributed by atoms with Gasteiger partial charge in [0, 0.05) is 34.6 Å². The lowest BCUT2D eigenvalue weighted by Gasteiger charge is -2.31. The predicted molar refractivity (Wildman–Crippen MR) is 203 cm³/mol. The molecule has 0 radical (unpaired) electrons. The minimum atomic E-state index is -0.880. The average Bonchev–Trinajstić information content (AvgIpc) is 3.15. The van der Waals surface area contributed by atoms with Crippen molar-refractivity contribution < 1.29 is 23.8 Å². The van der Waals surface area contributed by atoms with Crippen molar-refractivity contribution in [2.24, 2.45) is 0 Å². The third kappa shape index (κ3) is 11.1. The Hall–Kier alpha value is -2.87. The van der Waals surface area contributed by atoms with Crippen molar-refractivity contribution in [1.82, 2.24) is 0 Å². The number of Topliss-reactive ketones (excluding diaryl/α,β-unsaturated/α-hetero) is 2. The molecule has 0 N–H and O–H groups in total. The summed E-state index contributed by atoms with van der Waals surface area (Å²) in [5, 5.41) is 0. The Morgan fingerprint density at radius 1 is 0.681 bits per heavy atom. The maximum atomic E-state index is 11.5. The smallest absolute Gasteiger partial charge is 0.169 e.